The van der Waals surface area contributed by atoms with Crippen LogP contribution in [-0.2, 0) is 15.1 Å². The van der Waals surface area contributed by atoms with E-state index in [1.807, 2.05) is 6.92 Å². The predicted molar refractivity (Wildman–Crippen MR) is 62.3 cm³/mol. The topological polar surface area (TPSA) is 81.5 Å². The molecular weight excluding hydrogens is 236 g/mol. The molecule has 0 bridgehead atoms. The van der Waals surface area contributed by atoms with Gasteiger partial charge in [0.1, 0.15) is 5.60 Å². The van der Waals surface area contributed by atoms with Crippen LogP contribution in [0, 0.1) is 0 Å². The van der Waals surface area contributed by atoms with E-state index in [0.29, 0.717) is 38.5 Å². The van der Waals surface area contributed by atoms with Gasteiger partial charge in [0.25, 0.3) is 0 Å². The lowest BCUT2D eigenvalue weighted by molar-refractivity contribution is -0.117. The van der Waals surface area contributed by atoms with Crippen LogP contribution in [0.3, 0.4) is 0 Å². The number of nitrogens with zero attached hydrogens (tertiary/aromatic N) is 2. The first kappa shape index (κ1) is 12.9. The van der Waals surface area contributed by atoms with E-state index in [1.165, 1.54) is 12.4 Å². The third-order valence-corrected chi connectivity index (χ3v) is 3.03. The van der Waals surface area contributed by atoms with Crippen LogP contribution >= 0.6 is 0 Å². The van der Waals surface area contributed by atoms with E-state index in [0.717, 1.165) is 0 Å². The Morgan fingerprint density at radius 1 is 1.44 bits per heavy atom. The summed E-state index contributed by atoms with van der Waals surface area (Å²) in [5.74, 6) is -0.489. The van der Waals surface area contributed by atoms with E-state index >= 15 is 0 Å². The lowest BCUT2D eigenvalue weighted by Gasteiger charge is -2.35. The SMILES string of the molecule is CCOC1(c2ncc(C(=O)O)cn2)CCOCC1. The zero-order valence-electron chi connectivity index (χ0n) is 10.3. The summed E-state index contributed by atoms with van der Waals surface area (Å²) in [6.45, 7) is 3.68. The summed E-state index contributed by atoms with van der Waals surface area (Å²) in [6, 6.07) is 0. The van der Waals surface area contributed by atoms with Crippen molar-refractivity contribution >= 4 is 5.97 Å². The maximum atomic E-state index is 10.8. The van der Waals surface area contributed by atoms with Crippen LogP contribution in [0.1, 0.15) is 35.9 Å². The summed E-state index contributed by atoms with van der Waals surface area (Å²) >= 11 is 0. The zero-order valence-corrected chi connectivity index (χ0v) is 10.3. The van der Waals surface area contributed by atoms with Gasteiger partial charge in [0, 0.05) is 45.1 Å². The summed E-state index contributed by atoms with van der Waals surface area (Å²) in [6.07, 6.45) is 4.02. The fourth-order valence-electron chi connectivity index (χ4n) is 2.08. The van der Waals surface area contributed by atoms with Crippen molar-refractivity contribution in [1.82, 2.24) is 9.97 Å². The number of aromatic carboxylic acids is 1. The third kappa shape index (κ3) is 2.49. The first-order valence-electron chi connectivity index (χ1n) is 5.95. The molecule has 0 atom stereocenters. The number of carboxylic acids is 1. The average Bonchev–Trinajstić information content (AvgIpc) is 2.40. The molecule has 1 aliphatic rings. The van der Waals surface area contributed by atoms with Gasteiger partial charge in [0.15, 0.2) is 5.82 Å². The van der Waals surface area contributed by atoms with Gasteiger partial charge in [0.05, 0.1) is 5.56 Å². The third-order valence-electron chi connectivity index (χ3n) is 3.03. The smallest absolute Gasteiger partial charge is 0.338 e. The molecule has 0 unspecified atom stereocenters. The van der Waals surface area contributed by atoms with Gasteiger partial charge in [-0.15, -0.1) is 0 Å². The van der Waals surface area contributed by atoms with E-state index in [4.69, 9.17) is 14.6 Å². The second-order valence-corrected chi connectivity index (χ2v) is 4.14. The summed E-state index contributed by atoms with van der Waals surface area (Å²) in [7, 11) is 0. The number of carbonyl (C=O) groups is 1. The quantitative estimate of drug-likeness (QED) is 0.867. The number of carboxylic acid groups (broad SMARTS) is 1. The van der Waals surface area contributed by atoms with Crippen LogP contribution in [-0.4, -0.2) is 40.9 Å². The van der Waals surface area contributed by atoms with Gasteiger partial charge in [0.2, 0.25) is 0 Å². The van der Waals surface area contributed by atoms with E-state index in [9.17, 15) is 4.79 Å². The molecule has 18 heavy (non-hydrogen) atoms. The number of hydrogen-bond donors (Lipinski definition) is 1. The Morgan fingerprint density at radius 2 is 2.06 bits per heavy atom. The molecule has 2 rings (SSSR count). The molecule has 1 saturated heterocycles. The van der Waals surface area contributed by atoms with Crippen molar-refractivity contribution < 1.29 is 19.4 Å². The van der Waals surface area contributed by atoms with Gasteiger partial charge in [-0.1, -0.05) is 0 Å². The van der Waals surface area contributed by atoms with E-state index < -0.39 is 11.6 Å². The van der Waals surface area contributed by atoms with Gasteiger partial charge in [-0.25, -0.2) is 14.8 Å². The fraction of sp³-hybridized carbons (Fsp3) is 0.583. The minimum absolute atomic E-state index is 0.0810. The lowest BCUT2D eigenvalue weighted by atomic mass is 9.93. The highest BCUT2D eigenvalue weighted by Crippen LogP contribution is 2.33. The van der Waals surface area contributed by atoms with Gasteiger partial charge in [-0.05, 0) is 6.92 Å². The van der Waals surface area contributed by atoms with Crippen LogP contribution < -0.4 is 0 Å². The Kier molecular flexibility index (Phi) is 3.88. The first-order valence-corrected chi connectivity index (χ1v) is 5.95. The van der Waals surface area contributed by atoms with Gasteiger partial charge >= 0.3 is 5.97 Å². The molecule has 1 fully saturated rings. The Labute approximate surface area is 105 Å². The normalized spacial score (nSPS) is 18.5. The standard InChI is InChI=1S/C12H16N2O4/c1-2-18-12(3-5-17-6-4-12)11-13-7-9(8-14-11)10(15)16/h7-8H,2-6H2,1H3,(H,15,16). The van der Waals surface area contributed by atoms with Crippen molar-refractivity contribution in [2.24, 2.45) is 0 Å². The van der Waals surface area contributed by atoms with Crippen LogP contribution in [0.2, 0.25) is 0 Å². The average molecular weight is 252 g/mol. The minimum Gasteiger partial charge on any atom is -0.478 e. The molecule has 0 aliphatic carbocycles. The van der Waals surface area contributed by atoms with Gasteiger partial charge in [-0.3, -0.25) is 0 Å². The molecule has 6 heteroatoms. The lowest BCUT2D eigenvalue weighted by Crippen LogP contribution is -2.38. The van der Waals surface area contributed by atoms with Crippen molar-refractivity contribution in [2.75, 3.05) is 19.8 Å². The van der Waals surface area contributed by atoms with E-state index in [2.05, 4.69) is 9.97 Å². The highest BCUT2D eigenvalue weighted by atomic mass is 16.5. The second kappa shape index (κ2) is 5.41. The number of rotatable bonds is 4. The molecule has 2 heterocycles. The van der Waals surface area contributed by atoms with E-state index in [-0.39, 0.29) is 5.56 Å². The highest BCUT2D eigenvalue weighted by molar-refractivity contribution is 5.86. The highest BCUT2D eigenvalue weighted by Gasteiger charge is 2.38. The molecule has 1 aromatic heterocycles. The second-order valence-electron chi connectivity index (χ2n) is 4.14. The molecule has 0 saturated carbocycles. The summed E-state index contributed by atoms with van der Waals surface area (Å²) in [4.78, 5) is 19.0. The molecule has 0 spiro atoms. The Balaban J connectivity index is 2.27. The van der Waals surface area contributed by atoms with Gasteiger partial charge in [-0.2, -0.15) is 0 Å². The number of aromatic nitrogens is 2. The predicted octanol–water partition coefficient (Wildman–Crippen LogP) is 1.22. The van der Waals surface area contributed by atoms with Crippen LogP contribution in [0.15, 0.2) is 12.4 Å². The Bertz CT molecular complexity index is 407. The molecule has 98 valence electrons. The van der Waals surface area contributed by atoms with Crippen molar-refractivity contribution in [3.63, 3.8) is 0 Å². The number of ether oxygens (including phenoxy) is 2. The molecule has 6 nitrogen and oxygen atoms in total. The van der Waals surface area contributed by atoms with E-state index in [1.54, 1.807) is 0 Å². The molecule has 0 aromatic carbocycles. The van der Waals surface area contributed by atoms with Crippen LogP contribution in [0.25, 0.3) is 0 Å². The monoisotopic (exact) mass is 252 g/mol. The molecule has 1 aromatic rings. The molecule has 0 radical (unpaired) electrons. The van der Waals surface area contributed by atoms with Gasteiger partial charge < -0.3 is 14.6 Å². The largest absolute Gasteiger partial charge is 0.478 e. The van der Waals surface area contributed by atoms with Crippen LogP contribution in [0.4, 0.5) is 0 Å². The van der Waals surface area contributed by atoms with Crippen molar-refractivity contribution in [1.29, 1.82) is 0 Å². The maximum Gasteiger partial charge on any atom is 0.338 e. The van der Waals surface area contributed by atoms with Crippen molar-refractivity contribution in [3.8, 4) is 0 Å². The fourth-order valence-corrected chi connectivity index (χ4v) is 2.08. The Hall–Kier alpha value is -1.53. The van der Waals surface area contributed by atoms with Crippen molar-refractivity contribution in [2.45, 2.75) is 25.4 Å². The summed E-state index contributed by atoms with van der Waals surface area (Å²) in [5, 5.41) is 8.82. The molecule has 0 amide bonds. The summed E-state index contributed by atoms with van der Waals surface area (Å²) in [5.41, 5.74) is -0.457. The maximum absolute atomic E-state index is 10.8. The molecule has 1 aliphatic heterocycles. The first-order chi connectivity index (χ1) is 8.68. The molecular formula is C12H16N2O4. The molecule has 1 N–H and O–H groups in total. The van der Waals surface area contributed by atoms with Crippen molar-refractivity contribution in [3.05, 3.63) is 23.8 Å². The minimum atomic E-state index is -1.03. The summed E-state index contributed by atoms with van der Waals surface area (Å²) < 4.78 is 11.1. The zero-order chi connectivity index (χ0) is 13.0. The van der Waals surface area contributed by atoms with Crippen LogP contribution in [0.5, 0.6) is 0 Å². The number of hydrogen-bond acceptors (Lipinski definition) is 5. The Morgan fingerprint density at radius 3 is 2.56 bits per heavy atom.